The van der Waals surface area contributed by atoms with Gasteiger partial charge in [0.2, 0.25) is 0 Å². The highest BCUT2D eigenvalue weighted by atomic mass is 35.5. The molecule has 3 heteroatoms. The first-order chi connectivity index (χ1) is 4.83. The van der Waals surface area contributed by atoms with Crippen LogP contribution in [0.15, 0.2) is 0 Å². The van der Waals surface area contributed by atoms with Crippen molar-refractivity contribution < 1.29 is 9.53 Å². The van der Waals surface area contributed by atoms with Crippen LogP contribution in [0.4, 0.5) is 0 Å². The van der Waals surface area contributed by atoms with E-state index in [-0.39, 0.29) is 12.1 Å². The van der Waals surface area contributed by atoms with E-state index in [1.807, 2.05) is 0 Å². The summed E-state index contributed by atoms with van der Waals surface area (Å²) in [7, 11) is 0. The third kappa shape index (κ3) is 2.18. The molecule has 0 saturated carbocycles. The van der Waals surface area contributed by atoms with Gasteiger partial charge in [0.25, 0.3) is 0 Å². The number of ether oxygens (including phenoxy) is 1. The highest BCUT2D eigenvalue weighted by molar-refractivity contribution is 6.17. The molecule has 0 aromatic rings. The second-order valence-corrected chi connectivity index (χ2v) is 2.86. The van der Waals surface area contributed by atoms with Crippen molar-refractivity contribution in [2.45, 2.75) is 31.8 Å². The molecule has 1 unspecified atom stereocenters. The lowest BCUT2D eigenvalue weighted by Crippen LogP contribution is -2.23. The van der Waals surface area contributed by atoms with Crippen LogP contribution >= 0.6 is 11.6 Å². The molecule has 10 heavy (non-hydrogen) atoms. The summed E-state index contributed by atoms with van der Waals surface area (Å²) in [5, 5.41) is 0. The topological polar surface area (TPSA) is 26.3 Å². The van der Waals surface area contributed by atoms with Gasteiger partial charge in [-0.15, -0.1) is 11.6 Å². The zero-order valence-electron chi connectivity index (χ0n) is 5.81. The summed E-state index contributed by atoms with van der Waals surface area (Å²) in [5.41, 5.74) is 0. The molecular weight excluding hydrogens is 152 g/mol. The average molecular weight is 163 g/mol. The summed E-state index contributed by atoms with van der Waals surface area (Å²) in [4.78, 5) is 10.7. The Bertz CT molecular complexity index is 123. The van der Waals surface area contributed by atoms with E-state index in [0.717, 1.165) is 19.3 Å². The lowest BCUT2D eigenvalue weighted by molar-refractivity contribution is -0.153. The molecular formula is C7H11ClO2. The van der Waals surface area contributed by atoms with Gasteiger partial charge in [0.1, 0.15) is 6.10 Å². The summed E-state index contributed by atoms with van der Waals surface area (Å²) in [6.07, 6.45) is 3.42. The summed E-state index contributed by atoms with van der Waals surface area (Å²) in [5.74, 6) is 0.513. The molecule has 0 bridgehead atoms. The number of carbonyl (C=O) groups excluding carboxylic acids is 1. The SMILES string of the molecule is O=C1CCCC(CCCl)O1. The molecule has 0 aliphatic carbocycles. The Balaban J connectivity index is 2.25. The Morgan fingerprint density at radius 1 is 1.70 bits per heavy atom. The quantitative estimate of drug-likeness (QED) is 0.457. The van der Waals surface area contributed by atoms with Crippen LogP contribution in [0, 0.1) is 0 Å². The van der Waals surface area contributed by atoms with Crippen molar-refractivity contribution in [1.82, 2.24) is 0 Å². The van der Waals surface area contributed by atoms with Gasteiger partial charge < -0.3 is 4.74 Å². The maximum Gasteiger partial charge on any atom is 0.306 e. The first-order valence-corrected chi connectivity index (χ1v) is 4.12. The Hall–Kier alpha value is -0.240. The van der Waals surface area contributed by atoms with Crippen molar-refractivity contribution in [3.05, 3.63) is 0 Å². The number of rotatable bonds is 2. The number of cyclic esters (lactones) is 1. The number of hydrogen-bond donors (Lipinski definition) is 0. The van der Waals surface area contributed by atoms with Crippen LogP contribution in [0.25, 0.3) is 0 Å². The molecule has 1 aliphatic heterocycles. The Labute approximate surface area is 65.5 Å². The van der Waals surface area contributed by atoms with Gasteiger partial charge in [0.15, 0.2) is 0 Å². The van der Waals surface area contributed by atoms with Crippen molar-refractivity contribution in [2.75, 3.05) is 5.88 Å². The number of hydrogen-bond acceptors (Lipinski definition) is 2. The molecule has 1 saturated heterocycles. The highest BCUT2D eigenvalue weighted by Crippen LogP contribution is 2.16. The molecule has 0 N–H and O–H groups in total. The third-order valence-corrected chi connectivity index (χ3v) is 1.85. The third-order valence-electron chi connectivity index (χ3n) is 1.64. The van der Waals surface area contributed by atoms with Crippen LogP contribution in [-0.4, -0.2) is 18.0 Å². The zero-order valence-corrected chi connectivity index (χ0v) is 6.56. The van der Waals surface area contributed by atoms with E-state index < -0.39 is 0 Å². The standard InChI is InChI=1S/C7H11ClO2/c8-5-4-6-2-1-3-7(9)10-6/h6H,1-5H2. The summed E-state index contributed by atoms with van der Waals surface area (Å²) in [6, 6.07) is 0. The molecule has 1 atom stereocenters. The minimum atomic E-state index is -0.0682. The fourth-order valence-electron chi connectivity index (χ4n) is 1.10. The smallest absolute Gasteiger partial charge is 0.306 e. The fraction of sp³-hybridized carbons (Fsp3) is 0.857. The van der Waals surface area contributed by atoms with Crippen LogP contribution in [0.2, 0.25) is 0 Å². The lowest BCUT2D eigenvalue weighted by atomic mass is 10.1. The monoisotopic (exact) mass is 162 g/mol. The normalized spacial score (nSPS) is 26.1. The summed E-state index contributed by atoms with van der Waals surface area (Å²) >= 11 is 5.49. The summed E-state index contributed by atoms with van der Waals surface area (Å²) < 4.78 is 5.00. The molecule has 0 radical (unpaired) electrons. The maximum absolute atomic E-state index is 10.7. The predicted octanol–water partition coefficient (Wildman–Crippen LogP) is 1.71. The van der Waals surface area contributed by atoms with Gasteiger partial charge in [-0.1, -0.05) is 0 Å². The minimum Gasteiger partial charge on any atom is -0.462 e. The van der Waals surface area contributed by atoms with Crippen LogP contribution in [0.3, 0.4) is 0 Å². The first kappa shape index (κ1) is 7.86. The van der Waals surface area contributed by atoms with Gasteiger partial charge in [0.05, 0.1) is 0 Å². The second-order valence-electron chi connectivity index (χ2n) is 2.48. The molecule has 1 heterocycles. The van der Waals surface area contributed by atoms with Crippen LogP contribution in [0.5, 0.6) is 0 Å². The highest BCUT2D eigenvalue weighted by Gasteiger charge is 2.18. The first-order valence-electron chi connectivity index (χ1n) is 3.58. The number of halogens is 1. The second kappa shape index (κ2) is 3.81. The van der Waals surface area contributed by atoms with Crippen LogP contribution in [-0.2, 0) is 9.53 Å². The van der Waals surface area contributed by atoms with Crippen molar-refractivity contribution in [3.63, 3.8) is 0 Å². The van der Waals surface area contributed by atoms with Gasteiger partial charge in [-0.25, -0.2) is 0 Å². The number of esters is 1. The van der Waals surface area contributed by atoms with Gasteiger partial charge in [-0.05, 0) is 19.3 Å². The molecule has 1 aliphatic rings. The van der Waals surface area contributed by atoms with Crippen molar-refractivity contribution >= 4 is 17.6 Å². The van der Waals surface area contributed by atoms with Crippen molar-refractivity contribution in [2.24, 2.45) is 0 Å². The van der Waals surface area contributed by atoms with Crippen LogP contribution in [0.1, 0.15) is 25.7 Å². The van der Waals surface area contributed by atoms with E-state index >= 15 is 0 Å². The van der Waals surface area contributed by atoms with Crippen molar-refractivity contribution in [3.8, 4) is 0 Å². The minimum absolute atomic E-state index is 0.0682. The van der Waals surface area contributed by atoms with Gasteiger partial charge in [0, 0.05) is 12.3 Å². The van der Waals surface area contributed by atoms with Gasteiger partial charge in [-0.3, -0.25) is 4.79 Å². The predicted molar refractivity (Wildman–Crippen MR) is 39.1 cm³/mol. The van der Waals surface area contributed by atoms with E-state index in [1.54, 1.807) is 0 Å². The van der Waals surface area contributed by atoms with E-state index in [9.17, 15) is 4.79 Å². The molecule has 0 amide bonds. The molecule has 0 spiro atoms. The average Bonchev–Trinajstić information content (AvgIpc) is 1.88. The van der Waals surface area contributed by atoms with E-state index in [2.05, 4.69) is 0 Å². The lowest BCUT2D eigenvalue weighted by Gasteiger charge is -2.20. The Kier molecular flexibility index (Phi) is 3.00. The molecule has 0 aromatic heterocycles. The molecule has 1 fully saturated rings. The van der Waals surface area contributed by atoms with Crippen molar-refractivity contribution in [1.29, 1.82) is 0 Å². The number of alkyl halides is 1. The largest absolute Gasteiger partial charge is 0.462 e. The van der Waals surface area contributed by atoms with Gasteiger partial charge in [-0.2, -0.15) is 0 Å². The van der Waals surface area contributed by atoms with E-state index in [1.165, 1.54) is 0 Å². The van der Waals surface area contributed by atoms with E-state index in [4.69, 9.17) is 16.3 Å². The fourth-order valence-corrected chi connectivity index (χ4v) is 1.35. The zero-order chi connectivity index (χ0) is 7.40. The maximum atomic E-state index is 10.7. The Morgan fingerprint density at radius 2 is 2.50 bits per heavy atom. The molecule has 1 rings (SSSR count). The molecule has 2 nitrogen and oxygen atoms in total. The van der Waals surface area contributed by atoms with Gasteiger partial charge >= 0.3 is 5.97 Å². The van der Waals surface area contributed by atoms with Crippen LogP contribution < -0.4 is 0 Å². The molecule has 58 valence electrons. The van der Waals surface area contributed by atoms with E-state index in [0.29, 0.717) is 12.3 Å². The number of carbonyl (C=O) groups is 1. The molecule has 0 aromatic carbocycles. The Morgan fingerprint density at radius 3 is 3.10 bits per heavy atom. The summed E-state index contributed by atoms with van der Waals surface area (Å²) in [6.45, 7) is 0.